The summed E-state index contributed by atoms with van der Waals surface area (Å²) in [7, 11) is 0. The van der Waals surface area contributed by atoms with Crippen LogP contribution in [0.2, 0.25) is 0 Å². The molecule has 0 spiro atoms. The number of ether oxygens (including phenoxy) is 2. The lowest BCUT2D eigenvalue weighted by molar-refractivity contribution is -0.179. The van der Waals surface area contributed by atoms with E-state index in [9.17, 15) is 0 Å². The Balaban J connectivity index is 4.09. The van der Waals surface area contributed by atoms with E-state index in [1.54, 1.807) is 0 Å². The molecule has 0 atom stereocenters. The van der Waals surface area contributed by atoms with Crippen LogP contribution in [0.5, 0.6) is 0 Å². The normalized spacial score (nSPS) is 13.9. The highest BCUT2D eigenvalue weighted by atomic mass is 16.7. The van der Waals surface area contributed by atoms with Crippen molar-refractivity contribution in [1.82, 2.24) is 0 Å². The van der Waals surface area contributed by atoms with Gasteiger partial charge in [-0.2, -0.15) is 0 Å². The number of hydrogen-bond donors (Lipinski definition) is 2. The first kappa shape index (κ1) is 15.8. The van der Waals surface area contributed by atoms with Crippen LogP contribution in [0.15, 0.2) is 0 Å². The maximum absolute atomic E-state index is 5.86. The summed E-state index contributed by atoms with van der Waals surface area (Å²) in [5.41, 5.74) is 11.0. The summed E-state index contributed by atoms with van der Waals surface area (Å²) in [6.45, 7) is 12.8. The van der Waals surface area contributed by atoms with E-state index in [2.05, 4.69) is 13.8 Å². The molecule has 0 amide bonds. The minimum Gasteiger partial charge on any atom is -0.351 e. The Morgan fingerprint density at radius 2 is 1.19 bits per heavy atom. The Labute approximate surface area is 99.7 Å². The fourth-order valence-electron chi connectivity index (χ4n) is 1.03. The number of hydrogen-bond acceptors (Lipinski definition) is 4. The van der Waals surface area contributed by atoms with Gasteiger partial charge < -0.3 is 20.9 Å². The van der Waals surface area contributed by atoms with Crippen LogP contribution in [0, 0.1) is 5.92 Å². The van der Waals surface area contributed by atoms with Gasteiger partial charge >= 0.3 is 0 Å². The largest absolute Gasteiger partial charge is 0.351 e. The van der Waals surface area contributed by atoms with Gasteiger partial charge in [-0.3, -0.25) is 0 Å². The molecule has 4 nitrogen and oxygen atoms in total. The lowest BCUT2D eigenvalue weighted by Crippen LogP contribution is -2.43. The van der Waals surface area contributed by atoms with Crippen LogP contribution in [-0.4, -0.2) is 30.6 Å². The second-order valence-corrected chi connectivity index (χ2v) is 6.21. The summed E-state index contributed by atoms with van der Waals surface area (Å²) in [5, 5.41) is 0. The van der Waals surface area contributed by atoms with Crippen molar-refractivity contribution in [2.45, 2.75) is 58.9 Å². The highest BCUT2D eigenvalue weighted by molar-refractivity contribution is 4.73. The number of nitrogens with two attached hydrogens (primary N) is 2. The van der Waals surface area contributed by atoms with E-state index in [1.807, 2.05) is 27.7 Å². The molecule has 0 radical (unpaired) electrons. The van der Waals surface area contributed by atoms with Crippen LogP contribution >= 0.6 is 0 Å². The molecular weight excluding hydrogens is 204 g/mol. The molecule has 0 bridgehead atoms. The highest BCUT2D eigenvalue weighted by Gasteiger charge is 2.21. The molecule has 0 aliphatic rings. The van der Waals surface area contributed by atoms with Crippen LogP contribution in [0.4, 0.5) is 0 Å². The molecule has 0 aliphatic heterocycles. The van der Waals surface area contributed by atoms with Gasteiger partial charge in [-0.1, -0.05) is 13.8 Å². The molecule has 0 aromatic heterocycles. The quantitative estimate of drug-likeness (QED) is 0.652. The second kappa shape index (κ2) is 5.96. The molecule has 0 saturated heterocycles. The third-order valence-electron chi connectivity index (χ3n) is 1.78. The van der Waals surface area contributed by atoms with Crippen LogP contribution in [0.25, 0.3) is 0 Å². The van der Waals surface area contributed by atoms with Crippen molar-refractivity contribution in [2.75, 3.05) is 13.2 Å². The van der Waals surface area contributed by atoms with Gasteiger partial charge in [-0.25, -0.2) is 0 Å². The van der Waals surface area contributed by atoms with Gasteiger partial charge in [0.1, 0.15) is 0 Å². The predicted octanol–water partition coefficient (Wildman–Crippen LogP) is 1.48. The Morgan fingerprint density at radius 3 is 1.38 bits per heavy atom. The summed E-state index contributed by atoms with van der Waals surface area (Å²) in [6, 6.07) is 0. The summed E-state index contributed by atoms with van der Waals surface area (Å²) in [4.78, 5) is 0. The molecule has 0 heterocycles. The van der Waals surface area contributed by atoms with Crippen molar-refractivity contribution >= 4 is 0 Å². The standard InChI is InChI=1S/C12H28N2O2/c1-9(2)10(15-7-11(3,4)13)16-8-12(5,6)14/h9-10H,7-8,13-14H2,1-6H3. The first-order chi connectivity index (χ1) is 7.01. The molecule has 0 aliphatic carbocycles. The molecule has 0 aromatic carbocycles. The van der Waals surface area contributed by atoms with Crippen LogP contribution in [-0.2, 0) is 9.47 Å². The van der Waals surface area contributed by atoms with Crippen LogP contribution in [0.1, 0.15) is 41.5 Å². The SMILES string of the molecule is CC(C)C(OCC(C)(C)N)OCC(C)(C)N. The monoisotopic (exact) mass is 232 g/mol. The smallest absolute Gasteiger partial charge is 0.160 e. The van der Waals surface area contributed by atoms with Gasteiger partial charge in [0.05, 0.1) is 13.2 Å². The molecular formula is C12H28N2O2. The van der Waals surface area contributed by atoms with Gasteiger partial charge in [-0.05, 0) is 27.7 Å². The summed E-state index contributed by atoms with van der Waals surface area (Å²) >= 11 is 0. The summed E-state index contributed by atoms with van der Waals surface area (Å²) in [6.07, 6.45) is -0.245. The molecule has 4 heteroatoms. The first-order valence-corrected chi connectivity index (χ1v) is 5.82. The van der Waals surface area contributed by atoms with E-state index in [4.69, 9.17) is 20.9 Å². The summed E-state index contributed by atoms with van der Waals surface area (Å²) in [5.74, 6) is 0.282. The van der Waals surface area contributed by atoms with E-state index in [-0.39, 0.29) is 23.3 Å². The fraction of sp³-hybridized carbons (Fsp3) is 1.00. The van der Waals surface area contributed by atoms with Crippen molar-refractivity contribution in [3.8, 4) is 0 Å². The molecule has 0 saturated carbocycles. The Morgan fingerprint density at radius 1 is 0.875 bits per heavy atom. The van der Waals surface area contributed by atoms with E-state index in [0.29, 0.717) is 13.2 Å². The van der Waals surface area contributed by atoms with Gasteiger partial charge in [0.25, 0.3) is 0 Å². The maximum Gasteiger partial charge on any atom is 0.160 e. The topological polar surface area (TPSA) is 70.5 Å². The zero-order valence-corrected chi connectivity index (χ0v) is 11.5. The minimum atomic E-state index is -0.339. The molecule has 0 aromatic rings. The Bertz CT molecular complexity index is 174. The van der Waals surface area contributed by atoms with Crippen molar-refractivity contribution in [3.63, 3.8) is 0 Å². The molecule has 0 fully saturated rings. The fourth-order valence-corrected chi connectivity index (χ4v) is 1.03. The predicted molar refractivity (Wildman–Crippen MR) is 67.1 cm³/mol. The molecule has 4 N–H and O–H groups in total. The van der Waals surface area contributed by atoms with Crippen LogP contribution < -0.4 is 11.5 Å². The van der Waals surface area contributed by atoms with Crippen LogP contribution in [0.3, 0.4) is 0 Å². The van der Waals surface area contributed by atoms with Gasteiger partial charge in [0.15, 0.2) is 6.29 Å². The van der Waals surface area contributed by atoms with Gasteiger partial charge in [-0.15, -0.1) is 0 Å². The zero-order chi connectivity index (χ0) is 13.0. The minimum absolute atomic E-state index is 0.245. The van der Waals surface area contributed by atoms with Crippen molar-refractivity contribution < 1.29 is 9.47 Å². The molecule has 0 rings (SSSR count). The lowest BCUT2D eigenvalue weighted by atomic mass is 10.1. The highest BCUT2D eigenvalue weighted by Crippen LogP contribution is 2.12. The van der Waals surface area contributed by atoms with Crippen molar-refractivity contribution in [3.05, 3.63) is 0 Å². The Kier molecular flexibility index (Phi) is 5.90. The van der Waals surface area contributed by atoms with E-state index in [1.165, 1.54) is 0 Å². The molecule has 16 heavy (non-hydrogen) atoms. The zero-order valence-electron chi connectivity index (χ0n) is 11.5. The molecule has 0 unspecified atom stereocenters. The molecule has 98 valence electrons. The second-order valence-electron chi connectivity index (χ2n) is 6.21. The van der Waals surface area contributed by atoms with E-state index in [0.717, 1.165) is 0 Å². The van der Waals surface area contributed by atoms with Crippen molar-refractivity contribution in [1.29, 1.82) is 0 Å². The van der Waals surface area contributed by atoms with Gasteiger partial charge in [0.2, 0.25) is 0 Å². The Hall–Kier alpha value is -0.160. The lowest BCUT2D eigenvalue weighted by Gasteiger charge is -2.29. The van der Waals surface area contributed by atoms with E-state index < -0.39 is 0 Å². The van der Waals surface area contributed by atoms with Crippen molar-refractivity contribution in [2.24, 2.45) is 17.4 Å². The summed E-state index contributed by atoms with van der Waals surface area (Å²) < 4.78 is 11.3. The average molecular weight is 232 g/mol. The number of rotatable bonds is 7. The first-order valence-electron chi connectivity index (χ1n) is 5.82. The average Bonchev–Trinajstić information content (AvgIpc) is 1.98. The van der Waals surface area contributed by atoms with E-state index >= 15 is 0 Å². The third kappa shape index (κ3) is 9.09. The van der Waals surface area contributed by atoms with Gasteiger partial charge in [0, 0.05) is 17.0 Å². The third-order valence-corrected chi connectivity index (χ3v) is 1.78. The maximum atomic E-state index is 5.86.